The minimum atomic E-state index is -2.83. The standard InChI is InChI=1S/C14H20F2N2O2/c1-10(2)13(19)18-8-7-17-9-11-5-3-4-6-12(11)20-14(15)16/h3-6,10,14,17H,7-9H2,1-2H3,(H,18,19). The number of para-hydroxylation sites is 1. The van der Waals surface area contributed by atoms with Gasteiger partial charge in [-0.2, -0.15) is 8.78 Å². The summed E-state index contributed by atoms with van der Waals surface area (Å²) in [5.74, 6) is 0.115. The molecule has 0 radical (unpaired) electrons. The van der Waals surface area contributed by atoms with E-state index in [9.17, 15) is 13.6 Å². The fraction of sp³-hybridized carbons (Fsp3) is 0.500. The van der Waals surface area contributed by atoms with Crippen LogP contribution in [0.4, 0.5) is 8.78 Å². The third-order valence-corrected chi connectivity index (χ3v) is 2.63. The van der Waals surface area contributed by atoms with E-state index >= 15 is 0 Å². The van der Waals surface area contributed by atoms with E-state index in [-0.39, 0.29) is 17.6 Å². The maximum atomic E-state index is 12.2. The quantitative estimate of drug-likeness (QED) is 0.720. The van der Waals surface area contributed by atoms with Crippen LogP contribution in [0.3, 0.4) is 0 Å². The van der Waals surface area contributed by atoms with E-state index in [0.717, 1.165) is 0 Å². The summed E-state index contributed by atoms with van der Waals surface area (Å²) < 4.78 is 28.9. The number of hydrogen-bond donors (Lipinski definition) is 2. The molecule has 0 aliphatic carbocycles. The lowest BCUT2D eigenvalue weighted by Gasteiger charge is -2.12. The van der Waals surface area contributed by atoms with Gasteiger partial charge in [-0.3, -0.25) is 4.79 Å². The Morgan fingerprint density at radius 2 is 1.95 bits per heavy atom. The molecule has 0 saturated heterocycles. The van der Waals surface area contributed by atoms with Gasteiger partial charge >= 0.3 is 6.61 Å². The van der Waals surface area contributed by atoms with Crippen LogP contribution in [0.25, 0.3) is 0 Å². The number of carbonyl (C=O) groups excluding carboxylic acids is 1. The minimum Gasteiger partial charge on any atom is -0.434 e. The third kappa shape index (κ3) is 5.97. The van der Waals surface area contributed by atoms with Crippen LogP contribution < -0.4 is 15.4 Å². The smallest absolute Gasteiger partial charge is 0.387 e. The number of alkyl halides is 2. The first-order chi connectivity index (χ1) is 9.50. The first-order valence-corrected chi connectivity index (χ1v) is 6.52. The van der Waals surface area contributed by atoms with Crippen molar-refractivity contribution in [1.29, 1.82) is 0 Å². The van der Waals surface area contributed by atoms with Gasteiger partial charge in [0.05, 0.1) is 0 Å². The van der Waals surface area contributed by atoms with Crippen molar-refractivity contribution >= 4 is 5.91 Å². The minimum absolute atomic E-state index is 0.00626. The Morgan fingerprint density at radius 1 is 1.25 bits per heavy atom. The molecule has 0 unspecified atom stereocenters. The van der Waals surface area contributed by atoms with Crippen molar-refractivity contribution in [3.05, 3.63) is 29.8 Å². The summed E-state index contributed by atoms with van der Waals surface area (Å²) in [5.41, 5.74) is 0.656. The number of hydrogen-bond acceptors (Lipinski definition) is 3. The second kappa shape index (κ2) is 8.47. The van der Waals surface area contributed by atoms with E-state index < -0.39 is 6.61 Å². The van der Waals surface area contributed by atoms with Crippen LogP contribution in [0, 0.1) is 5.92 Å². The molecule has 0 spiro atoms. The van der Waals surface area contributed by atoms with Gasteiger partial charge in [-0.05, 0) is 6.07 Å². The molecule has 112 valence electrons. The predicted octanol–water partition coefficient (Wildman–Crippen LogP) is 2.15. The Morgan fingerprint density at radius 3 is 2.60 bits per heavy atom. The molecule has 0 bridgehead atoms. The highest BCUT2D eigenvalue weighted by molar-refractivity contribution is 5.77. The number of ether oxygens (including phenoxy) is 1. The van der Waals surface area contributed by atoms with E-state index in [1.807, 2.05) is 13.8 Å². The summed E-state index contributed by atoms with van der Waals surface area (Å²) in [7, 11) is 0. The summed E-state index contributed by atoms with van der Waals surface area (Å²) in [6.45, 7) is 2.26. The molecule has 1 aromatic rings. The molecule has 2 N–H and O–H groups in total. The van der Waals surface area contributed by atoms with Crippen LogP contribution in [0.2, 0.25) is 0 Å². The van der Waals surface area contributed by atoms with Gasteiger partial charge in [0.25, 0.3) is 0 Å². The van der Waals surface area contributed by atoms with Crippen molar-refractivity contribution in [2.75, 3.05) is 13.1 Å². The van der Waals surface area contributed by atoms with Gasteiger partial charge in [0.15, 0.2) is 0 Å². The van der Waals surface area contributed by atoms with Crippen molar-refractivity contribution in [2.45, 2.75) is 27.0 Å². The maximum Gasteiger partial charge on any atom is 0.387 e. The Bertz CT molecular complexity index is 425. The number of nitrogens with one attached hydrogen (secondary N) is 2. The Labute approximate surface area is 117 Å². The number of benzene rings is 1. The number of carbonyl (C=O) groups is 1. The average molecular weight is 286 g/mol. The lowest BCUT2D eigenvalue weighted by atomic mass is 10.2. The summed E-state index contributed by atoms with van der Waals surface area (Å²) in [6, 6.07) is 6.63. The van der Waals surface area contributed by atoms with E-state index in [1.54, 1.807) is 18.2 Å². The van der Waals surface area contributed by atoms with Gasteiger partial charge in [0, 0.05) is 31.1 Å². The molecule has 0 heterocycles. The maximum absolute atomic E-state index is 12.2. The highest BCUT2D eigenvalue weighted by atomic mass is 19.3. The average Bonchev–Trinajstić information content (AvgIpc) is 2.39. The molecule has 1 aromatic carbocycles. The molecular weight excluding hydrogens is 266 g/mol. The van der Waals surface area contributed by atoms with Crippen molar-refractivity contribution in [2.24, 2.45) is 5.92 Å². The van der Waals surface area contributed by atoms with Gasteiger partial charge < -0.3 is 15.4 Å². The summed E-state index contributed by atoms with van der Waals surface area (Å²) in [6.07, 6.45) is 0. The first kappa shape index (κ1) is 16.4. The van der Waals surface area contributed by atoms with Crippen LogP contribution in [0.5, 0.6) is 5.75 Å². The Hall–Kier alpha value is -1.69. The fourth-order valence-electron chi connectivity index (χ4n) is 1.56. The zero-order valence-electron chi connectivity index (χ0n) is 11.7. The largest absolute Gasteiger partial charge is 0.434 e. The second-order valence-electron chi connectivity index (χ2n) is 4.61. The first-order valence-electron chi connectivity index (χ1n) is 6.52. The van der Waals surface area contributed by atoms with Gasteiger partial charge in [-0.1, -0.05) is 32.0 Å². The molecule has 0 atom stereocenters. The van der Waals surface area contributed by atoms with E-state index in [2.05, 4.69) is 15.4 Å². The molecule has 20 heavy (non-hydrogen) atoms. The molecule has 6 heteroatoms. The van der Waals surface area contributed by atoms with Crippen molar-refractivity contribution < 1.29 is 18.3 Å². The molecule has 0 aromatic heterocycles. The number of amides is 1. The Kier molecular flexibility index (Phi) is 6.93. The summed E-state index contributed by atoms with van der Waals surface area (Å²) in [5, 5.41) is 5.83. The second-order valence-corrected chi connectivity index (χ2v) is 4.61. The molecule has 1 rings (SSSR count). The molecule has 0 saturated carbocycles. The third-order valence-electron chi connectivity index (χ3n) is 2.63. The van der Waals surface area contributed by atoms with Crippen molar-refractivity contribution in [3.8, 4) is 5.75 Å². The van der Waals surface area contributed by atoms with Crippen LogP contribution in [0.1, 0.15) is 19.4 Å². The van der Waals surface area contributed by atoms with E-state index in [4.69, 9.17) is 0 Å². The van der Waals surface area contributed by atoms with Gasteiger partial charge in [0.2, 0.25) is 5.91 Å². The van der Waals surface area contributed by atoms with Gasteiger partial charge in [0.1, 0.15) is 5.75 Å². The Balaban J connectivity index is 2.33. The molecule has 1 amide bonds. The van der Waals surface area contributed by atoms with Gasteiger partial charge in [-0.15, -0.1) is 0 Å². The van der Waals surface area contributed by atoms with Crippen molar-refractivity contribution in [1.82, 2.24) is 10.6 Å². The summed E-state index contributed by atoms with van der Waals surface area (Å²) in [4.78, 5) is 11.3. The van der Waals surface area contributed by atoms with Crippen molar-refractivity contribution in [3.63, 3.8) is 0 Å². The number of rotatable bonds is 8. The molecule has 0 aliphatic rings. The zero-order valence-corrected chi connectivity index (χ0v) is 11.7. The highest BCUT2D eigenvalue weighted by Crippen LogP contribution is 2.19. The van der Waals surface area contributed by atoms with Crippen LogP contribution >= 0.6 is 0 Å². The normalized spacial score (nSPS) is 10.9. The number of halogens is 2. The van der Waals surface area contributed by atoms with E-state index in [0.29, 0.717) is 25.2 Å². The molecule has 0 fully saturated rings. The molecular formula is C14H20F2N2O2. The van der Waals surface area contributed by atoms with E-state index in [1.165, 1.54) is 6.07 Å². The topological polar surface area (TPSA) is 50.4 Å². The fourth-order valence-corrected chi connectivity index (χ4v) is 1.56. The zero-order chi connectivity index (χ0) is 15.0. The van der Waals surface area contributed by atoms with Crippen LogP contribution in [0.15, 0.2) is 24.3 Å². The SMILES string of the molecule is CC(C)C(=O)NCCNCc1ccccc1OC(F)F. The van der Waals surface area contributed by atoms with Gasteiger partial charge in [-0.25, -0.2) is 0 Å². The molecule has 4 nitrogen and oxygen atoms in total. The predicted molar refractivity (Wildman–Crippen MR) is 72.6 cm³/mol. The highest BCUT2D eigenvalue weighted by Gasteiger charge is 2.08. The molecule has 0 aliphatic heterocycles. The monoisotopic (exact) mass is 286 g/mol. The van der Waals surface area contributed by atoms with Crippen LogP contribution in [-0.4, -0.2) is 25.6 Å². The lowest BCUT2D eigenvalue weighted by Crippen LogP contribution is -2.34. The van der Waals surface area contributed by atoms with Crippen LogP contribution in [-0.2, 0) is 11.3 Å². The summed E-state index contributed by atoms with van der Waals surface area (Å²) >= 11 is 0. The lowest BCUT2D eigenvalue weighted by molar-refractivity contribution is -0.123.